The van der Waals surface area contributed by atoms with E-state index in [0.717, 1.165) is 0 Å². The minimum absolute atomic E-state index is 0.141. The number of hydrogen-bond acceptors (Lipinski definition) is 4. The van der Waals surface area contributed by atoms with Crippen molar-refractivity contribution in [3.63, 3.8) is 0 Å². The quantitative estimate of drug-likeness (QED) is 0.485. The maximum atomic E-state index is 11.5. The zero-order chi connectivity index (χ0) is 10.6. The molecule has 1 saturated heterocycles. The fourth-order valence-electron chi connectivity index (χ4n) is 1.38. The van der Waals surface area contributed by atoms with Gasteiger partial charge in [-0.25, -0.2) is 0 Å². The van der Waals surface area contributed by atoms with E-state index >= 15 is 0 Å². The Labute approximate surface area is 83.4 Å². The minimum atomic E-state index is -0.254. The predicted octanol–water partition coefficient (Wildman–Crippen LogP) is -0.630. The maximum Gasteiger partial charge on any atom is 0.246 e. The average molecular weight is 200 g/mol. The molecule has 1 unspecified atom stereocenters. The Kier molecular flexibility index (Phi) is 4.03. The monoisotopic (exact) mass is 200 g/mol. The van der Waals surface area contributed by atoms with Crippen LogP contribution >= 0.6 is 0 Å². The second kappa shape index (κ2) is 5.07. The Morgan fingerprint density at radius 1 is 1.57 bits per heavy atom. The Morgan fingerprint density at radius 3 is 2.93 bits per heavy atom. The van der Waals surface area contributed by atoms with Gasteiger partial charge in [0.05, 0.1) is 12.6 Å². The van der Waals surface area contributed by atoms with E-state index in [4.69, 9.17) is 4.74 Å². The molecule has 0 aromatic carbocycles. The molecule has 0 spiro atoms. The Bertz CT molecular complexity index is 230. The summed E-state index contributed by atoms with van der Waals surface area (Å²) in [6, 6.07) is -0.254. The van der Waals surface area contributed by atoms with Gasteiger partial charge in [0.1, 0.15) is 0 Å². The smallest absolute Gasteiger partial charge is 0.246 e. The second-order valence-electron chi connectivity index (χ2n) is 3.33. The summed E-state index contributed by atoms with van der Waals surface area (Å²) < 4.78 is 4.87. The third-order valence-corrected chi connectivity index (χ3v) is 2.23. The second-order valence-corrected chi connectivity index (χ2v) is 3.33. The van der Waals surface area contributed by atoms with E-state index in [1.165, 1.54) is 4.90 Å². The number of amides is 2. The van der Waals surface area contributed by atoms with Crippen LogP contribution in [-0.4, -0.2) is 49.6 Å². The van der Waals surface area contributed by atoms with E-state index in [1.54, 1.807) is 14.0 Å². The molecule has 5 nitrogen and oxygen atoms in total. The fourth-order valence-corrected chi connectivity index (χ4v) is 1.38. The van der Waals surface area contributed by atoms with Gasteiger partial charge in [0, 0.05) is 20.3 Å². The number of methoxy groups -OCH3 is 1. The van der Waals surface area contributed by atoms with E-state index in [2.05, 4.69) is 5.32 Å². The number of imide groups is 1. The van der Waals surface area contributed by atoms with Crippen molar-refractivity contribution in [1.82, 2.24) is 10.2 Å². The van der Waals surface area contributed by atoms with Crippen molar-refractivity contribution in [2.75, 3.05) is 26.8 Å². The van der Waals surface area contributed by atoms with Gasteiger partial charge >= 0.3 is 0 Å². The normalized spacial score (nSPS) is 23.0. The molecule has 0 aromatic heterocycles. The summed E-state index contributed by atoms with van der Waals surface area (Å²) in [7, 11) is 1.60. The third-order valence-electron chi connectivity index (χ3n) is 2.23. The van der Waals surface area contributed by atoms with Crippen molar-refractivity contribution in [2.24, 2.45) is 0 Å². The largest absolute Gasteiger partial charge is 0.385 e. The maximum absolute atomic E-state index is 11.5. The van der Waals surface area contributed by atoms with E-state index in [9.17, 15) is 9.59 Å². The van der Waals surface area contributed by atoms with Crippen LogP contribution in [0.15, 0.2) is 0 Å². The molecule has 1 N–H and O–H groups in total. The summed E-state index contributed by atoms with van der Waals surface area (Å²) in [5.41, 5.74) is 0. The molecule has 5 heteroatoms. The summed E-state index contributed by atoms with van der Waals surface area (Å²) in [6.45, 7) is 3.04. The highest BCUT2D eigenvalue weighted by atomic mass is 16.5. The minimum Gasteiger partial charge on any atom is -0.385 e. The van der Waals surface area contributed by atoms with E-state index in [1.807, 2.05) is 0 Å². The first-order valence-corrected chi connectivity index (χ1v) is 4.73. The van der Waals surface area contributed by atoms with Crippen LogP contribution in [-0.2, 0) is 14.3 Å². The molecule has 0 aromatic rings. The Balaban J connectivity index is 2.46. The third kappa shape index (κ3) is 2.52. The first-order chi connectivity index (χ1) is 6.66. The van der Waals surface area contributed by atoms with Gasteiger partial charge in [0.25, 0.3) is 0 Å². The molecule has 0 radical (unpaired) electrons. The molecule has 1 heterocycles. The van der Waals surface area contributed by atoms with Gasteiger partial charge in [-0.05, 0) is 13.3 Å². The highest BCUT2D eigenvalue weighted by molar-refractivity contribution is 6.00. The summed E-state index contributed by atoms with van der Waals surface area (Å²) >= 11 is 0. The lowest BCUT2D eigenvalue weighted by molar-refractivity contribution is -0.149. The average Bonchev–Trinajstić information content (AvgIpc) is 2.18. The Morgan fingerprint density at radius 2 is 2.29 bits per heavy atom. The molecule has 0 saturated carbocycles. The molecule has 1 aliphatic heterocycles. The molecule has 0 bridgehead atoms. The van der Waals surface area contributed by atoms with Crippen molar-refractivity contribution in [3.8, 4) is 0 Å². The lowest BCUT2D eigenvalue weighted by Gasteiger charge is -2.29. The molecular formula is C9H16N2O3. The number of hydrogen-bond donors (Lipinski definition) is 1. The van der Waals surface area contributed by atoms with Crippen molar-refractivity contribution < 1.29 is 14.3 Å². The van der Waals surface area contributed by atoms with Crippen molar-refractivity contribution in [1.29, 1.82) is 0 Å². The van der Waals surface area contributed by atoms with Crippen LogP contribution in [0, 0.1) is 0 Å². The van der Waals surface area contributed by atoms with Gasteiger partial charge in [-0.3, -0.25) is 19.8 Å². The molecular weight excluding hydrogens is 184 g/mol. The van der Waals surface area contributed by atoms with E-state index in [-0.39, 0.29) is 24.4 Å². The predicted molar refractivity (Wildman–Crippen MR) is 50.7 cm³/mol. The highest BCUT2D eigenvalue weighted by Gasteiger charge is 2.30. The van der Waals surface area contributed by atoms with E-state index < -0.39 is 0 Å². The molecule has 0 aliphatic carbocycles. The number of ether oxygens (including phenoxy) is 1. The first kappa shape index (κ1) is 11.1. The first-order valence-electron chi connectivity index (χ1n) is 4.73. The SMILES string of the molecule is COCCCN1C(=O)CNC(C)C1=O. The standard InChI is InChI=1S/C9H16N2O3/c1-7-9(13)11(4-3-5-14-2)8(12)6-10-7/h7,10H,3-6H2,1-2H3. The molecule has 14 heavy (non-hydrogen) atoms. The fraction of sp³-hybridized carbons (Fsp3) is 0.778. The van der Waals surface area contributed by atoms with Crippen LogP contribution in [0.4, 0.5) is 0 Å². The number of rotatable bonds is 4. The van der Waals surface area contributed by atoms with Gasteiger partial charge in [0.2, 0.25) is 11.8 Å². The number of nitrogens with zero attached hydrogens (tertiary/aromatic N) is 1. The molecule has 80 valence electrons. The zero-order valence-corrected chi connectivity index (χ0v) is 8.58. The van der Waals surface area contributed by atoms with Crippen molar-refractivity contribution in [2.45, 2.75) is 19.4 Å². The topological polar surface area (TPSA) is 58.6 Å². The molecule has 1 rings (SSSR count). The van der Waals surface area contributed by atoms with Gasteiger partial charge in [-0.1, -0.05) is 0 Å². The number of carbonyl (C=O) groups excluding carboxylic acids is 2. The van der Waals surface area contributed by atoms with Crippen LogP contribution in [0.5, 0.6) is 0 Å². The molecule has 1 aliphatic rings. The van der Waals surface area contributed by atoms with E-state index in [0.29, 0.717) is 19.6 Å². The van der Waals surface area contributed by atoms with Crippen LogP contribution < -0.4 is 5.32 Å². The van der Waals surface area contributed by atoms with Gasteiger partial charge in [0.15, 0.2) is 0 Å². The molecule has 1 atom stereocenters. The number of carbonyl (C=O) groups is 2. The Hall–Kier alpha value is -0.940. The highest BCUT2D eigenvalue weighted by Crippen LogP contribution is 2.03. The van der Waals surface area contributed by atoms with Crippen molar-refractivity contribution >= 4 is 11.8 Å². The summed E-state index contributed by atoms with van der Waals surface area (Å²) in [5, 5.41) is 2.83. The lowest BCUT2D eigenvalue weighted by Crippen LogP contribution is -2.57. The number of piperazine rings is 1. The van der Waals surface area contributed by atoms with Crippen LogP contribution in [0.1, 0.15) is 13.3 Å². The van der Waals surface area contributed by atoms with Crippen LogP contribution in [0.2, 0.25) is 0 Å². The van der Waals surface area contributed by atoms with Gasteiger partial charge in [-0.2, -0.15) is 0 Å². The lowest BCUT2D eigenvalue weighted by atomic mass is 10.2. The van der Waals surface area contributed by atoms with Crippen molar-refractivity contribution in [3.05, 3.63) is 0 Å². The van der Waals surface area contributed by atoms with Crippen LogP contribution in [0.3, 0.4) is 0 Å². The molecule has 2 amide bonds. The van der Waals surface area contributed by atoms with Gasteiger partial charge < -0.3 is 4.74 Å². The zero-order valence-electron chi connectivity index (χ0n) is 8.58. The van der Waals surface area contributed by atoms with Crippen LogP contribution in [0.25, 0.3) is 0 Å². The number of nitrogens with one attached hydrogen (secondary N) is 1. The molecule has 1 fully saturated rings. The summed E-state index contributed by atoms with van der Waals surface area (Å²) in [4.78, 5) is 24.2. The van der Waals surface area contributed by atoms with Gasteiger partial charge in [-0.15, -0.1) is 0 Å². The summed E-state index contributed by atoms with van der Waals surface area (Å²) in [5.74, 6) is -0.290. The summed E-state index contributed by atoms with van der Waals surface area (Å²) in [6.07, 6.45) is 0.695.